The first kappa shape index (κ1) is 13.9. The van der Waals surface area contributed by atoms with Crippen molar-refractivity contribution in [3.05, 3.63) is 22.7 Å². The van der Waals surface area contributed by atoms with Crippen molar-refractivity contribution < 1.29 is 9.53 Å². The van der Waals surface area contributed by atoms with E-state index in [2.05, 4.69) is 9.97 Å². The molecule has 0 saturated carbocycles. The van der Waals surface area contributed by atoms with Crippen LogP contribution in [-0.2, 0) is 11.2 Å². The molecule has 1 aromatic rings. The third kappa shape index (κ3) is 3.94. The molecule has 0 aliphatic carbocycles. The molecule has 1 rings (SSSR count). The van der Waals surface area contributed by atoms with E-state index in [0.29, 0.717) is 12.0 Å². The van der Waals surface area contributed by atoms with Crippen LogP contribution in [0.1, 0.15) is 36.3 Å². The van der Waals surface area contributed by atoms with Gasteiger partial charge in [-0.1, -0.05) is 0 Å². The topological polar surface area (TPSA) is 78.1 Å². The molecule has 0 saturated heterocycles. The molecule has 0 fully saturated rings. The monoisotopic (exact) mass is 257 g/mol. The van der Waals surface area contributed by atoms with Crippen molar-refractivity contribution in [1.82, 2.24) is 9.97 Å². The summed E-state index contributed by atoms with van der Waals surface area (Å²) in [5, 5.41) is 0.0218. The van der Waals surface area contributed by atoms with E-state index in [4.69, 9.17) is 22.1 Å². The van der Waals surface area contributed by atoms with Crippen molar-refractivity contribution >= 4 is 17.5 Å². The maximum absolute atomic E-state index is 11.2. The number of halogens is 1. The lowest BCUT2D eigenvalue weighted by molar-refractivity contribution is 0.0157. The van der Waals surface area contributed by atoms with Gasteiger partial charge in [0.05, 0.1) is 5.60 Å². The molecule has 0 aromatic carbocycles. The number of primary amides is 1. The number of carbonyl (C=O) groups is 1. The molecule has 1 heterocycles. The van der Waals surface area contributed by atoms with Gasteiger partial charge in [0.2, 0.25) is 5.28 Å². The van der Waals surface area contributed by atoms with E-state index in [1.54, 1.807) is 7.11 Å². The van der Waals surface area contributed by atoms with Crippen LogP contribution < -0.4 is 5.73 Å². The Morgan fingerprint density at radius 2 is 2.24 bits per heavy atom. The summed E-state index contributed by atoms with van der Waals surface area (Å²) in [6.45, 7) is 3.93. The summed E-state index contributed by atoms with van der Waals surface area (Å²) >= 11 is 5.62. The highest BCUT2D eigenvalue weighted by molar-refractivity contribution is 6.28. The first-order valence-corrected chi connectivity index (χ1v) is 5.60. The minimum Gasteiger partial charge on any atom is -0.379 e. The van der Waals surface area contributed by atoms with Gasteiger partial charge in [0.25, 0.3) is 5.91 Å². The van der Waals surface area contributed by atoms with E-state index in [1.807, 2.05) is 13.8 Å². The molecular weight excluding hydrogens is 242 g/mol. The summed E-state index contributed by atoms with van der Waals surface area (Å²) in [7, 11) is 1.65. The van der Waals surface area contributed by atoms with E-state index < -0.39 is 5.91 Å². The van der Waals surface area contributed by atoms with Gasteiger partial charge in [-0.3, -0.25) is 4.79 Å². The number of nitrogens with two attached hydrogens (primary N) is 1. The van der Waals surface area contributed by atoms with Crippen LogP contribution in [0.4, 0.5) is 0 Å². The Bertz CT molecular complexity index is 421. The standard InChI is InChI=1S/C11H16ClN3O2/c1-11(2,17-3)5-4-7-6-14-10(12)15-8(7)9(13)16/h6H,4-5H2,1-3H3,(H2,13,16). The van der Waals surface area contributed by atoms with Crippen LogP contribution in [-0.4, -0.2) is 28.6 Å². The minimum absolute atomic E-state index is 0.0218. The third-order valence-corrected chi connectivity index (χ3v) is 2.80. The number of hydrogen-bond donors (Lipinski definition) is 1. The van der Waals surface area contributed by atoms with Crippen molar-refractivity contribution in [3.8, 4) is 0 Å². The van der Waals surface area contributed by atoms with Crippen LogP contribution in [0.2, 0.25) is 5.28 Å². The molecule has 0 radical (unpaired) electrons. The Morgan fingerprint density at radius 3 is 2.76 bits per heavy atom. The fourth-order valence-electron chi connectivity index (χ4n) is 1.32. The van der Waals surface area contributed by atoms with Crippen molar-refractivity contribution in [2.24, 2.45) is 5.73 Å². The van der Waals surface area contributed by atoms with Gasteiger partial charge in [-0.25, -0.2) is 9.97 Å². The Kier molecular flexibility index (Phi) is 4.42. The minimum atomic E-state index is -0.598. The number of aromatic nitrogens is 2. The summed E-state index contributed by atoms with van der Waals surface area (Å²) in [6, 6.07) is 0. The molecule has 0 aliphatic rings. The second-order valence-corrected chi connectivity index (χ2v) is 4.68. The van der Waals surface area contributed by atoms with Gasteiger partial charge in [0.15, 0.2) is 0 Å². The zero-order chi connectivity index (χ0) is 13.1. The van der Waals surface area contributed by atoms with Crippen molar-refractivity contribution in [2.75, 3.05) is 7.11 Å². The van der Waals surface area contributed by atoms with Gasteiger partial charge in [-0.15, -0.1) is 0 Å². The fourth-order valence-corrected chi connectivity index (χ4v) is 1.45. The van der Waals surface area contributed by atoms with E-state index in [0.717, 1.165) is 6.42 Å². The molecule has 6 heteroatoms. The average molecular weight is 258 g/mol. The van der Waals surface area contributed by atoms with Crippen molar-refractivity contribution in [1.29, 1.82) is 0 Å². The van der Waals surface area contributed by atoms with Crippen LogP contribution in [0.3, 0.4) is 0 Å². The number of carbonyl (C=O) groups excluding carboxylic acids is 1. The number of nitrogens with zero attached hydrogens (tertiary/aromatic N) is 2. The number of rotatable bonds is 5. The van der Waals surface area contributed by atoms with Crippen LogP contribution >= 0.6 is 11.6 Å². The van der Waals surface area contributed by atoms with Crippen LogP contribution in [0.15, 0.2) is 6.20 Å². The first-order chi connectivity index (χ1) is 7.85. The van der Waals surface area contributed by atoms with Crippen molar-refractivity contribution in [3.63, 3.8) is 0 Å². The second-order valence-electron chi connectivity index (χ2n) is 4.34. The molecule has 0 aliphatic heterocycles. The summed E-state index contributed by atoms with van der Waals surface area (Å²) in [5.74, 6) is -0.598. The fraction of sp³-hybridized carbons (Fsp3) is 0.545. The van der Waals surface area contributed by atoms with Gasteiger partial charge in [0.1, 0.15) is 5.69 Å². The first-order valence-electron chi connectivity index (χ1n) is 5.22. The SMILES string of the molecule is COC(C)(C)CCc1cnc(Cl)nc1C(N)=O. The molecule has 5 nitrogen and oxygen atoms in total. The Labute approximate surface area is 105 Å². The van der Waals surface area contributed by atoms with E-state index in [-0.39, 0.29) is 16.6 Å². The normalized spacial score (nSPS) is 11.5. The summed E-state index contributed by atoms with van der Waals surface area (Å²) in [6.07, 6.45) is 2.87. The number of aryl methyl sites for hydroxylation is 1. The zero-order valence-electron chi connectivity index (χ0n) is 10.2. The van der Waals surface area contributed by atoms with Gasteiger partial charge >= 0.3 is 0 Å². The van der Waals surface area contributed by atoms with Crippen molar-refractivity contribution in [2.45, 2.75) is 32.3 Å². The summed E-state index contributed by atoms with van der Waals surface area (Å²) < 4.78 is 5.30. The molecule has 17 heavy (non-hydrogen) atoms. The average Bonchev–Trinajstić information content (AvgIpc) is 2.27. The highest BCUT2D eigenvalue weighted by Gasteiger charge is 2.19. The van der Waals surface area contributed by atoms with E-state index in [1.165, 1.54) is 6.20 Å². The molecular formula is C11H16ClN3O2. The highest BCUT2D eigenvalue weighted by Crippen LogP contribution is 2.18. The largest absolute Gasteiger partial charge is 0.379 e. The van der Waals surface area contributed by atoms with Gasteiger partial charge < -0.3 is 10.5 Å². The highest BCUT2D eigenvalue weighted by atomic mass is 35.5. The van der Waals surface area contributed by atoms with Gasteiger partial charge in [-0.2, -0.15) is 0 Å². The van der Waals surface area contributed by atoms with Gasteiger partial charge in [-0.05, 0) is 38.3 Å². The summed E-state index contributed by atoms with van der Waals surface area (Å²) in [4.78, 5) is 18.9. The smallest absolute Gasteiger partial charge is 0.267 e. The van der Waals surface area contributed by atoms with E-state index >= 15 is 0 Å². The predicted octanol–water partition coefficient (Wildman–Crippen LogP) is 1.59. The van der Waals surface area contributed by atoms with Gasteiger partial charge in [0, 0.05) is 18.9 Å². The van der Waals surface area contributed by atoms with Crippen LogP contribution in [0.25, 0.3) is 0 Å². The molecule has 94 valence electrons. The van der Waals surface area contributed by atoms with E-state index in [9.17, 15) is 4.79 Å². The number of hydrogen-bond acceptors (Lipinski definition) is 4. The maximum atomic E-state index is 11.2. The number of ether oxygens (including phenoxy) is 1. The molecule has 1 amide bonds. The molecule has 0 unspecified atom stereocenters. The lowest BCUT2D eigenvalue weighted by Gasteiger charge is -2.22. The molecule has 1 aromatic heterocycles. The summed E-state index contributed by atoms with van der Waals surface area (Å²) in [5.41, 5.74) is 5.83. The Morgan fingerprint density at radius 1 is 1.59 bits per heavy atom. The lowest BCUT2D eigenvalue weighted by atomic mass is 9.98. The second kappa shape index (κ2) is 5.42. The molecule has 0 spiro atoms. The quantitative estimate of drug-likeness (QED) is 0.813. The zero-order valence-corrected chi connectivity index (χ0v) is 10.9. The number of methoxy groups -OCH3 is 1. The third-order valence-electron chi connectivity index (χ3n) is 2.62. The maximum Gasteiger partial charge on any atom is 0.267 e. The van der Waals surface area contributed by atoms with Crippen LogP contribution in [0, 0.1) is 0 Å². The Hall–Kier alpha value is -1.20. The molecule has 0 bridgehead atoms. The molecule has 2 N–H and O–H groups in total. The molecule has 0 atom stereocenters. The number of amides is 1. The lowest BCUT2D eigenvalue weighted by Crippen LogP contribution is -2.24. The Balaban J connectivity index is 2.88. The predicted molar refractivity (Wildman–Crippen MR) is 65.0 cm³/mol. The van der Waals surface area contributed by atoms with Crippen LogP contribution in [0.5, 0.6) is 0 Å².